The van der Waals surface area contributed by atoms with Gasteiger partial charge in [0.2, 0.25) is 15.8 Å². The number of H-pyrrole nitrogens is 1. The van der Waals surface area contributed by atoms with Gasteiger partial charge in [0.25, 0.3) is 0 Å². The van der Waals surface area contributed by atoms with Crippen molar-refractivity contribution in [1.29, 1.82) is 0 Å². The highest BCUT2D eigenvalue weighted by atomic mass is 32.2. The van der Waals surface area contributed by atoms with E-state index in [-0.39, 0.29) is 33.2 Å². The van der Waals surface area contributed by atoms with Gasteiger partial charge in [0, 0.05) is 5.56 Å². The summed E-state index contributed by atoms with van der Waals surface area (Å²) in [5.74, 6) is -0.773. The number of primary sulfonamides is 1. The normalized spacial score (nSPS) is 12.0. The minimum absolute atomic E-state index is 0.0809. The first-order valence-corrected chi connectivity index (χ1v) is 10.00. The predicted molar refractivity (Wildman–Crippen MR) is 98.8 cm³/mol. The molecule has 5 N–H and O–H groups in total. The molecule has 0 radical (unpaired) electrons. The van der Waals surface area contributed by atoms with E-state index in [9.17, 15) is 17.2 Å². The van der Waals surface area contributed by atoms with Crippen LogP contribution in [0.4, 0.5) is 13.9 Å². The molecule has 0 aliphatic heterocycles. The van der Waals surface area contributed by atoms with Gasteiger partial charge >= 0.3 is 0 Å². The Kier molecular flexibility index (Phi) is 4.28. The second-order valence-corrected chi connectivity index (χ2v) is 8.31. The van der Waals surface area contributed by atoms with Crippen molar-refractivity contribution in [3.63, 3.8) is 0 Å². The summed E-state index contributed by atoms with van der Waals surface area (Å²) in [5, 5.41) is 18.7. The van der Waals surface area contributed by atoms with Crippen LogP contribution in [0, 0.1) is 5.82 Å². The van der Waals surface area contributed by atoms with Gasteiger partial charge in [-0.15, -0.1) is 10.2 Å². The largest absolute Gasteiger partial charge is 0.375 e. The van der Waals surface area contributed by atoms with E-state index in [0.717, 1.165) is 11.3 Å². The molecule has 0 unspecified atom stereocenters. The number of benzene rings is 2. The van der Waals surface area contributed by atoms with Gasteiger partial charge in [0.1, 0.15) is 12.2 Å². The number of aromatic nitrogens is 5. The summed E-state index contributed by atoms with van der Waals surface area (Å²) >= 11 is 1.07. The number of fused-ring (bicyclic) bond motifs is 1. The fourth-order valence-electron chi connectivity index (χ4n) is 2.95. The van der Waals surface area contributed by atoms with Gasteiger partial charge in [-0.25, -0.2) is 27.3 Å². The molecule has 0 spiro atoms. The Morgan fingerprint density at radius 1 is 1.25 bits per heavy atom. The zero-order valence-electron chi connectivity index (χ0n) is 13.8. The molecule has 0 amide bonds. The third kappa shape index (κ3) is 2.98. The Hall–Kier alpha value is -3.03. The van der Waals surface area contributed by atoms with Crippen LogP contribution >= 0.6 is 11.3 Å². The number of tetrazole rings is 1. The molecule has 2 aromatic heterocycles. The number of anilines is 1. The number of nitrogens with zero attached hydrogens (tertiary/aromatic N) is 4. The number of hydrogen-bond donors (Lipinski definition) is 3. The molecule has 0 aliphatic carbocycles. The summed E-state index contributed by atoms with van der Waals surface area (Å²) in [6.45, 7) is -1.09. The molecule has 0 saturated heterocycles. The van der Waals surface area contributed by atoms with Crippen molar-refractivity contribution < 1.29 is 17.2 Å². The maximum Gasteiger partial charge on any atom is 0.239 e. The summed E-state index contributed by atoms with van der Waals surface area (Å²) in [6, 6.07) is 5.47. The quantitative estimate of drug-likeness (QED) is 0.453. The fraction of sp³-hybridized carbons (Fsp3) is 0.0667. The second kappa shape index (κ2) is 6.54. The molecule has 2 heterocycles. The monoisotopic (exact) mass is 423 g/mol. The Labute approximate surface area is 160 Å². The van der Waals surface area contributed by atoms with Crippen LogP contribution < -0.4 is 10.9 Å². The van der Waals surface area contributed by atoms with Crippen LogP contribution in [0.15, 0.2) is 29.2 Å². The average Bonchev–Trinajstić information content (AvgIpc) is 3.28. The highest BCUT2D eigenvalue weighted by Crippen LogP contribution is 2.39. The molecular weight excluding hydrogens is 412 g/mol. The van der Waals surface area contributed by atoms with E-state index in [1.165, 1.54) is 18.2 Å². The Balaban J connectivity index is 2.11. The van der Waals surface area contributed by atoms with Gasteiger partial charge in [-0.1, -0.05) is 23.5 Å². The topological polar surface area (TPSA) is 154 Å². The lowest BCUT2D eigenvalue weighted by molar-refractivity contribution is 0.478. The number of rotatable bonds is 4. The van der Waals surface area contributed by atoms with Gasteiger partial charge in [0.15, 0.2) is 10.9 Å². The first-order valence-electron chi connectivity index (χ1n) is 7.64. The van der Waals surface area contributed by atoms with E-state index in [0.29, 0.717) is 10.3 Å². The van der Waals surface area contributed by atoms with Crippen LogP contribution in [0.25, 0.3) is 32.7 Å². The molecule has 0 fully saturated rings. The minimum Gasteiger partial charge on any atom is -0.375 e. The molecule has 9 nitrogen and oxygen atoms in total. The number of aromatic amines is 1. The summed E-state index contributed by atoms with van der Waals surface area (Å²) < 4.78 is 52.9. The Bertz CT molecular complexity index is 1300. The maximum absolute atomic E-state index is 14.5. The fourth-order valence-corrected chi connectivity index (χ4v) is 4.71. The smallest absolute Gasteiger partial charge is 0.239 e. The summed E-state index contributed by atoms with van der Waals surface area (Å²) in [6.07, 6.45) is 0. The van der Waals surface area contributed by atoms with Gasteiger partial charge in [0.05, 0.1) is 15.2 Å². The van der Waals surface area contributed by atoms with Crippen molar-refractivity contribution >= 4 is 36.7 Å². The number of halogens is 2. The van der Waals surface area contributed by atoms with Gasteiger partial charge in [-0.2, -0.15) is 5.21 Å². The summed E-state index contributed by atoms with van der Waals surface area (Å²) in [7, 11) is -4.37. The lowest BCUT2D eigenvalue weighted by atomic mass is 9.96. The molecule has 28 heavy (non-hydrogen) atoms. The molecular formula is C15H11F2N7O2S2. The van der Waals surface area contributed by atoms with Crippen molar-refractivity contribution in [2.24, 2.45) is 5.14 Å². The van der Waals surface area contributed by atoms with E-state index in [4.69, 9.17) is 10.9 Å². The Morgan fingerprint density at radius 3 is 2.68 bits per heavy atom. The SMILES string of the molecule is Nc1nc2c(F)cc(-c3ccc(CF)c(S(N)(=O)=O)c3-c3nn[nH]n3)cc2s1. The first kappa shape index (κ1) is 18.3. The average molecular weight is 423 g/mol. The van der Waals surface area contributed by atoms with Crippen molar-refractivity contribution in [3.8, 4) is 22.5 Å². The van der Waals surface area contributed by atoms with E-state index >= 15 is 0 Å². The first-order chi connectivity index (χ1) is 13.3. The number of thiazole rings is 1. The number of hydrogen-bond acceptors (Lipinski definition) is 8. The number of alkyl halides is 1. The van der Waals surface area contributed by atoms with E-state index in [2.05, 4.69) is 25.6 Å². The standard InChI is InChI=1S/C15H11F2N7O2S2/c16-5-6-1-2-8(7-3-9(17)12-10(4-7)27-15(18)20-12)11(13(6)28(19,25)26)14-21-23-24-22-14/h1-4H,5H2,(H2,18,20)(H2,19,25,26)(H,21,22,23,24). The van der Waals surface area contributed by atoms with Crippen molar-refractivity contribution in [2.75, 3.05) is 5.73 Å². The summed E-state index contributed by atoms with van der Waals surface area (Å²) in [4.78, 5) is 3.43. The highest BCUT2D eigenvalue weighted by Gasteiger charge is 2.27. The molecule has 0 bridgehead atoms. The van der Waals surface area contributed by atoms with Crippen molar-refractivity contribution in [1.82, 2.24) is 25.6 Å². The van der Waals surface area contributed by atoms with Crippen molar-refractivity contribution in [2.45, 2.75) is 11.6 Å². The van der Waals surface area contributed by atoms with Gasteiger partial charge in [-0.05, 0) is 28.5 Å². The van der Waals surface area contributed by atoms with Crippen LogP contribution in [0.2, 0.25) is 0 Å². The molecule has 2 aromatic carbocycles. The number of nitrogen functional groups attached to an aromatic ring is 1. The second-order valence-electron chi connectivity index (χ2n) is 5.75. The lowest BCUT2D eigenvalue weighted by Gasteiger charge is -2.14. The van der Waals surface area contributed by atoms with Crippen molar-refractivity contribution in [3.05, 3.63) is 35.6 Å². The highest BCUT2D eigenvalue weighted by molar-refractivity contribution is 7.89. The van der Waals surface area contributed by atoms with Gasteiger partial charge in [-0.3, -0.25) is 0 Å². The van der Waals surface area contributed by atoms with E-state index in [1.807, 2.05) is 0 Å². The minimum atomic E-state index is -4.37. The number of nitrogens with one attached hydrogen (secondary N) is 1. The zero-order valence-corrected chi connectivity index (χ0v) is 15.5. The lowest BCUT2D eigenvalue weighted by Crippen LogP contribution is -2.16. The maximum atomic E-state index is 14.5. The molecule has 4 aromatic rings. The third-order valence-corrected chi connectivity index (χ3v) is 5.88. The van der Waals surface area contributed by atoms with Crippen LogP contribution in [0.5, 0.6) is 0 Å². The van der Waals surface area contributed by atoms with Crippen LogP contribution in [-0.4, -0.2) is 34.0 Å². The Morgan fingerprint density at radius 2 is 2.04 bits per heavy atom. The van der Waals surface area contributed by atoms with Crippen LogP contribution in [0.3, 0.4) is 0 Å². The molecule has 13 heteroatoms. The molecule has 0 saturated carbocycles. The zero-order chi connectivity index (χ0) is 20.1. The van der Waals surface area contributed by atoms with Crippen LogP contribution in [-0.2, 0) is 16.7 Å². The summed E-state index contributed by atoms with van der Waals surface area (Å²) in [5.41, 5.74) is 6.02. The molecule has 0 aliphatic rings. The van der Waals surface area contributed by atoms with E-state index < -0.39 is 27.4 Å². The van der Waals surface area contributed by atoms with Gasteiger partial charge < -0.3 is 5.73 Å². The third-order valence-electron chi connectivity index (χ3n) is 4.01. The molecule has 0 atom stereocenters. The van der Waals surface area contributed by atoms with Crippen LogP contribution in [0.1, 0.15) is 5.56 Å². The van der Waals surface area contributed by atoms with E-state index in [1.54, 1.807) is 6.07 Å². The molecule has 4 rings (SSSR count). The number of nitrogens with two attached hydrogens (primary N) is 2. The number of sulfonamides is 1. The molecule has 144 valence electrons. The predicted octanol–water partition coefficient (Wildman–Crippen LogP) is 1.98.